The zero-order chi connectivity index (χ0) is 14.6. The van der Waals surface area contributed by atoms with Crippen molar-refractivity contribution < 1.29 is 13.2 Å². The summed E-state index contributed by atoms with van der Waals surface area (Å²) in [4.78, 5) is 0. The number of halogens is 4. The van der Waals surface area contributed by atoms with Gasteiger partial charge in [-0.1, -0.05) is 52.3 Å². The lowest BCUT2D eigenvalue weighted by atomic mass is 10.1. The van der Waals surface area contributed by atoms with Crippen molar-refractivity contribution in [3.05, 3.63) is 69.7 Å². The highest BCUT2D eigenvalue weighted by molar-refractivity contribution is 9.10. The molecule has 0 amide bonds. The molecule has 1 N–H and O–H groups in total. The van der Waals surface area contributed by atoms with E-state index in [9.17, 15) is 13.2 Å². The molecule has 0 atom stereocenters. The molecule has 0 aromatic heterocycles. The molecule has 2 aromatic carbocycles. The number of benzene rings is 2. The summed E-state index contributed by atoms with van der Waals surface area (Å²) in [5.41, 5.74) is 0.684. The van der Waals surface area contributed by atoms with Crippen LogP contribution < -0.4 is 5.32 Å². The van der Waals surface area contributed by atoms with Crippen LogP contribution in [0.3, 0.4) is 0 Å². The maximum Gasteiger partial charge on any atom is 0.416 e. The largest absolute Gasteiger partial charge is 0.416 e. The lowest BCUT2D eigenvalue weighted by Crippen LogP contribution is -2.17. The van der Waals surface area contributed by atoms with Gasteiger partial charge in [-0.2, -0.15) is 13.2 Å². The number of rotatable bonds is 4. The van der Waals surface area contributed by atoms with Crippen molar-refractivity contribution in [1.82, 2.24) is 5.32 Å². The van der Waals surface area contributed by atoms with Crippen molar-refractivity contribution in [2.45, 2.75) is 19.3 Å². The van der Waals surface area contributed by atoms with Crippen LogP contribution in [0.5, 0.6) is 0 Å². The Balaban J connectivity index is 2.04. The molecule has 2 aromatic rings. The first-order valence-electron chi connectivity index (χ1n) is 6.07. The molecule has 0 bridgehead atoms. The van der Waals surface area contributed by atoms with Crippen LogP contribution in [-0.2, 0) is 19.3 Å². The van der Waals surface area contributed by atoms with Crippen molar-refractivity contribution in [3.8, 4) is 0 Å². The Hall–Kier alpha value is -1.33. The van der Waals surface area contributed by atoms with E-state index in [1.54, 1.807) is 6.07 Å². The Morgan fingerprint density at radius 1 is 0.850 bits per heavy atom. The molecule has 106 valence electrons. The van der Waals surface area contributed by atoms with Gasteiger partial charge in [0.1, 0.15) is 0 Å². The van der Waals surface area contributed by atoms with Gasteiger partial charge in [-0.05, 0) is 23.3 Å². The van der Waals surface area contributed by atoms with Gasteiger partial charge >= 0.3 is 6.18 Å². The van der Waals surface area contributed by atoms with E-state index in [1.165, 1.54) is 12.1 Å². The topological polar surface area (TPSA) is 12.0 Å². The van der Waals surface area contributed by atoms with E-state index in [-0.39, 0.29) is 12.1 Å². The van der Waals surface area contributed by atoms with Crippen LogP contribution in [0.2, 0.25) is 0 Å². The number of nitrogens with one attached hydrogen (secondary N) is 1. The summed E-state index contributed by atoms with van der Waals surface area (Å²) in [6.07, 6.45) is -4.31. The van der Waals surface area contributed by atoms with Crippen molar-refractivity contribution in [2.75, 3.05) is 0 Å². The quantitative estimate of drug-likeness (QED) is 0.843. The van der Waals surface area contributed by atoms with E-state index in [4.69, 9.17) is 0 Å². The van der Waals surface area contributed by atoms with Gasteiger partial charge in [-0.3, -0.25) is 0 Å². The van der Waals surface area contributed by atoms with Gasteiger partial charge in [0.25, 0.3) is 0 Å². The Morgan fingerprint density at radius 3 is 2.05 bits per heavy atom. The van der Waals surface area contributed by atoms with Crippen LogP contribution in [0.4, 0.5) is 13.2 Å². The number of hydrogen-bond acceptors (Lipinski definition) is 1. The lowest BCUT2D eigenvalue weighted by Gasteiger charge is -2.13. The zero-order valence-electron chi connectivity index (χ0n) is 10.5. The minimum absolute atomic E-state index is 0.178. The summed E-state index contributed by atoms with van der Waals surface area (Å²) < 4.78 is 39.4. The molecule has 5 heteroatoms. The molecule has 1 nitrogen and oxygen atoms in total. The van der Waals surface area contributed by atoms with Crippen LogP contribution in [0, 0.1) is 0 Å². The Bertz CT molecular complexity index is 581. The fourth-order valence-corrected chi connectivity index (χ4v) is 2.35. The van der Waals surface area contributed by atoms with Crippen LogP contribution in [0.25, 0.3) is 0 Å². The Labute approximate surface area is 123 Å². The normalized spacial score (nSPS) is 11.6. The Kier molecular flexibility index (Phi) is 4.83. The molecule has 2 rings (SSSR count). The fourth-order valence-electron chi connectivity index (χ4n) is 1.92. The number of alkyl halides is 3. The molecule has 0 saturated carbocycles. The van der Waals surface area contributed by atoms with E-state index in [2.05, 4.69) is 21.2 Å². The highest BCUT2D eigenvalue weighted by Crippen LogP contribution is 2.31. The second-order valence-corrected chi connectivity index (χ2v) is 5.20. The standard InChI is InChI=1S/C15H13BrF3N/c16-14-8-4-2-6-12(14)10-20-9-11-5-1-3-7-13(11)15(17,18)19/h1-8,20H,9-10H2. The van der Waals surface area contributed by atoms with Gasteiger partial charge in [0.15, 0.2) is 0 Å². The van der Waals surface area contributed by atoms with E-state index in [0.29, 0.717) is 6.54 Å². The molecule has 20 heavy (non-hydrogen) atoms. The third-order valence-corrected chi connectivity index (χ3v) is 3.69. The maximum absolute atomic E-state index is 12.8. The molecule has 0 saturated heterocycles. The van der Waals surface area contributed by atoms with Crippen LogP contribution >= 0.6 is 15.9 Å². The fraction of sp³-hybridized carbons (Fsp3) is 0.200. The average Bonchev–Trinajstić information content (AvgIpc) is 2.40. The minimum Gasteiger partial charge on any atom is -0.309 e. The second kappa shape index (κ2) is 6.41. The third-order valence-electron chi connectivity index (χ3n) is 2.91. The van der Waals surface area contributed by atoms with Crippen LogP contribution in [-0.4, -0.2) is 0 Å². The molecule has 0 aliphatic heterocycles. The summed E-state index contributed by atoms with van der Waals surface area (Å²) in [6.45, 7) is 0.685. The van der Waals surface area contributed by atoms with E-state index in [0.717, 1.165) is 16.1 Å². The molecule has 0 heterocycles. The number of hydrogen-bond donors (Lipinski definition) is 1. The zero-order valence-corrected chi connectivity index (χ0v) is 12.1. The summed E-state index contributed by atoms with van der Waals surface area (Å²) in [5, 5.41) is 3.04. The summed E-state index contributed by atoms with van der Waals surface area (Å²) in [7, 11) is 0. The molecule has 0 fully saturated rings. The monoisotopic (exact) mass is 343 g/mol. The second-order valence-electron chi connectivity index (χ2n) is 4.35. The minimum atomic E-state index is -4.31. The first-order valence-corrected chi connectivity index (χ1v) is 6.87. The van der Waals surface area contributed by atoms with Crippen molar-refractivity contribution in [3.63, 3.8) is 0 Å². The summed E-state index contributed by atoms with van der Waals surface area (Å²) >= 11 is 3.41. The summed E-state index contributed by atoms with van der Waals surface area (Å²) in [6, 6.07) is 13.2. The van der Waals surface area contributed by atoms with Gasteiger partial charge in [0, 0.05) is 17.6 Å². The summed E-state index contributed by atoms with van der Waals surface area (Å²) in [5.74, 6) is 0. The molecule has 0 aliphatic rings. The molecular weight excluding hydrogens is 331 g/mol. The predicted molar refractivity (Wildman–Crippen MR) is 76.1 cm³/mol. The third kappa shape index (κ3) is 3.84. The smallest absolute Gasteiger partial charge is 0.309 e. The van der Waals surface area contributed by atoms with Gasteiger partial charge in [0.2, 0.25) is 0 Å². The maximum atomic E-state index is 12.8. The van der Waals surface area contributed by atoms with Crippen molar-refractivity contribution in [1.29, 1.82) is 0 Å². The highest BCUT2D eigenvalue weighted by Gasteiger charge is 2.32. The predicted octanol–water partition coefficient (Wildman–Crippen LogP) is 4.76. The first kappa shape index (κ1) is 15.1. The molecule has 0 spiro atoms. The highest BCUT2D eigenvalue weighted by atomic mass is 79.9. The van der Waals surface area contributed by atoms with Crippen LogP contribution in [0.1, 0.15) is 16.7 Å². The molecule has 0 unspecified atom stereocenters. The average molecular weight is 344 g/mol. The first-order chi connectivity index (χ1) is 9.48. The van der Waals surface area contributed by atoms with E-state index in [1.807, 2.05) is 24.3 Å². The Morgan fingerprint density at radius 2 is 1.40 bits per heavy atom. The van der Waals surface area contributed by atoms with Gasteiger partial charge in [-0.15, -0.1) is 0 Å². The van der Waals surface area contributed by atoms with Crippen LogP contribution in [0.15, 0.2) is 53.0 Å². The van der Waals surface area contributed by atoms with Crippen molar-refractivity contribution >= 4 is 15.9 Å². The lowest BCUT2D eigenvalue weighted by molar-refractivity contribution is -0.138. The van der Waals surface area contributed by atoms with E-state index < -0.39 is 11.7 Å². The van der Waals surface area contributed by atoms with Gasteiger partial charge in [-0.25, -0.2) is 0 Å². The van der Waals surface area contributed by atoms with Gasteiger partial charge < -0.3 is 5.32 Å². The SMILES string of the molecule is FC(F)(F)c1ccccc1CNCc1ccccc1Br. The van der Waals surface area contributed by atoms with E-state index >= 15 is 0 Å². The molecular formula is C15H13BrF3N. The molecule has 0 aliphatic carbocycles. The molecule has 0 radical (unpaired) electrons. The van der Waals surface area contributed by atoms with Crippen molar-refractivity contribution in [2.24, 2.45) is 0 Å². The van der Waals surface area contributed by atoms with Gasteiger partial charge in [0.05, 0.1) is 5.56 Å².